The normalized spacial score (nSPS) is 26.4. The lowest BCUT2D eigenvalue weighted by atomic mass is 9.82. The SMILES string of the molecule is Cl.NCC1CCC(CO[N+](=O)[O-])CC1. The van der Waals surface area contributed by atoms with Gasteiger partial charge in [0.1, 0.15) is 0 Å². The van der Waals surface area contributed by atoms with Crippen molar-refractivity contribution in [2.75, 3.05) is 13.2 Å². The van der Waals surface area contributed by atoms with Gasteiger partial charge < -0.3 is 10.6 Å². The molecule has 84 valence electrons. The zero-order valence-electron chi connectivity index (χ0n) is 8.05. The fourth-order valence-electron chi connectivity index (χ4n) is 1.80. The molecule has 5 nitrogen and oxygen atoms in total. The lowest BCUT2D eigenvalue weighted by Crippen LogP contribution is -2.24. The third kappa shape index (κ3) is 4.62. The van der Waals surface area contributed by atoms with Gasteiger partial charge in [0.05, 0.1) is 6.61 Å². The van der Waals surface area contributed by atoms with Crippen LogP contribution in [0.15, 0.2) is 0 Å². The molecular formula is C8H17ClN2O3. The molecule has 0 aromatic rings. The Kier molecular flexibility index (Phi) is 6.57. The van der Waals surface area contributed by atoms with E-state index >= 15 is 0 Å². The van der Waals surface area contributed by atoms with Crippen LogP contribution in [0.25, 0.3) is 0 Å². The summed E-state index contributed by atoms with van der Waals surface area (Å²) in [6, 6.07) is 0. The molecule has 0 aromatic carbocycles. The summed E-state index contributed by atoms with van der Waals surface area (Å²) >= 11 is 0. The molecular weight excluding hydrogens is 208 g/mol. The van der Waals surface area contributed by atoms with E-state index in [2.05, 4.69) is 4.84 Å². The molecule has 1 aliphatic rings. The van der Waals surface area contributed by atoms with Gasteiger partial charge in [0.2, 0.25) is 0 Å². The molecule has 0 bridgehead atoms. The minimum absolute atomic E-state index is 0. The maximum atomic E-state index is 9.93. The van der Waals surface area contributed by atoms with Crippen LogP contribution in [0.1, 0.15) is 25.7 Å². The van der Waals surface area contributed by atoms with Crippen LogP contribution in [0.5, 0.6) is 0 Å². The van der Waals surface area contributed by atoms with Gasteiger partial charge in [-0.25, -0.2) is 0 Å². The molecule has 0 heterocycles. The molecule has 0 spiro atoms. The Labute approximate surface area is 89.5 Å². The topological polar surface area (TPSA) is 78.4 Å². The predicted molar refractivity (Wildman–Crippen MR) is 54.7 cm³/mol. The lowest BCUT2D eigenvalue weighted by Gasteiger charge is -2.26. The van der Waals surface area contributed by atoms with Crippen LogP contribution >= 0.6 is 12.4 Å². The van der Waals surface area contributed by atoms with Crippen molar-refractivity contribution in [1.29, 1.82) is 0 Å². The van der Waals surface area contributed by atoms with Crippen molar-refractivity contribution in [3.63, 3.8) is 0 Å². The van der Waals surface area contributed by atoms with Crippen LogP contribution in [-0.2, 0) is 4.84 Å². The second-order valence-corrected chi connectivity index (χ2v) is 3.64. The van der Waals surface area contributed by atoms with E-state index in [1.165, 1.54) is 0 Å². The Balaban J connectivity index is 0.00000169. The molecule has 0 unspecified atom stereocenters. The zero-order valence-corrected chi connectivity index (χ0v) is 8.87. The summed E-state index contributed by atoms with van der Waals surface area (Å²) in [6.45, 7) is 0.993. The molecule has 1 rings (SSSR count). The number of nitrogens with two attached hydrogens (primary N) is 1. The highest BCUT2D eigenvalue weighted by molar-refractivity contribution is 5.85. The number of hydrogen-bond donors (Lipinski definition) is 1. The van der Waals surface area contributed by atoms with Crippen LogP contribution in [0, 0.1) is 22.0 Å². The van der Waals surface area contributed by atoms with Crippen molar-refractivity contribution >= 4 is 12.4 Å². The molecule has 1 saturated carbocycles. The number of rotatable bonds is 4. The molecule has 2 N–H and O–H groups in total. The Morgan fingerprint density at radius 2 is 1.79 bits per heavy atom. The highest BCUT2D eigenvalue weighted by Crippen LogP contribution is 2.27. The van der Waals surface area contributed by atoms with E-state index in [4.69, 9.17) is 5.73 Å². The molecule has 14 heavy (non-hydrogen) atoms. The minimum Gasteiger partial charge on any atom is -0.330 e. The number of hydrogen-bond acceptors (Lipinski definition) is 4. The summed E-state index contributed by atoms with van der Waals surface area (Å²) < 4.78 is 0. The van der Waals surface area contributed by atoms with Crippen LogP contribution in [-0.4, -0.2) is 18.2 Å². The second-order valence-electron chi connectivity index (χ2n) is 3.64. The first kappa shape index (κ1) is 13.4. The molecule has 0 radical (unpaired) electrons. The third-order valence-electron chi connectivity index (χ3n) is 2.72. The van der Waals surface area contributed by atoms with E-state index < -0.39 is 5.09 Å². The van der Waals surface area contributed by atoms with Crippen molar-refractivity contribution in [3.8, 4) is 0 Å². The molecule has 1 fully saturated rings. The smallest absolute Gasteiger partial charge is 0.294 e. The minimum atomic E-state index is -0.713. The lowest BCUT2D eigenvalue weighted by molar-refractivity contribution is -0.759. The van der Waals surface area contributed by atoms with Crippen molar-refractivity contribution in [3.05, 3.63) is 10.1 Å². The van der Waals surface area contributed by atoms with Gasteiger partial charge in [-0.1, -0.05) is 0 Å². The molecule has 6 heteroatoms. The predicted octanol–water partition coefficient (Wildman–Crippen LogP) is 1.38. The van der Waals surface area contributed by atoms with E-state index in [1.807, 2.05) is 0 Å². The third-order valence-corrected chi connectivity index (χ3v) is 2.72. The first-order valence-electron chi connectivity index (χ1n) is 4.69. The summed E-state index contributed by atoms with van der Waals surface area (Å²) in [4.78, 5) is 14.3. The largest absolute Gasteiger partial charge is 0.330 e. The maximum Gasteiger partial charge on any atom is 0.294 e. The Morgan fingerprint density at radius 3 is 2.21 bits per heavy atom. The zero-order chi connectivity index (χ0) is 9.68. The van der Waals surface area contributed by atoms with Crippen LogP contribution in [0.3, 0.4) is 0 Å². The average Bonchev–Trinajstić information content (AvgIpc) is 2.15. The fraction of sp³-hybridized carbons (Fsp3) is 1.00. The summed E-state index contributed by atoms with van der Waals surface area (Å²) in [5.41, 5.74) is 5.53. The second kappa shape index (κ2) is 6.84. The van der Waals surface area contributed by atoms with E-state index in [0.717, 1.165) is 32.2 Å². The van der Waals surface area contributed by atoms with Crippen LogP contribution in [0.2, 0.25) is 0 Å². The highest BCUT2D eigenvalue weighted by atomic mass is 35.5. The van der Waals surface area contributed by atoms with Gasteiger partial charge >= 0.3 is 0 Å². The van der Waals surface area contributed by atoms with E-state index in [9.17, 15) is 10.1 Å². The fourth-order valence-corrected chi connectivity index (χ4v) is 1.80. The van der Waals surface area contributed by atoms with Crippen molar-refractivity contribution in [2.45, 2.75) is 25.7 Å². The molecule has 0 amide bonds. The van der Waals surface area contributed by atoms with Crippen LogP contribution < -0.4 is 5.73 Å². The van der Waals surface area contributed by atoms with Gasteiger partial charge in [-0.2, -0.15) is 0 Å². The standard InChI is InChI=1S/C8H16N2O3.ClH/c9-5-7-1-3-8(4-2-7)6-13-10(11)12;/h7-8H,1-6,9H2;1H. The monoisotopic (exact) mass is 224 g/mol. The molecule has 0 atom stereocenters. The van der Waals surface area contributed by atoms with E-state index in [-0.39, 0.29) is 19.0 Å². The van der Waals surface area contributed by atoms with Crippen molar-refractivity contribution < 1.29 is 9.92 Å². The summed E-state index contributed by atoms with van der Waals surface area (Å²) in [7, 11) is 0. The highest BCUT2D eigenvalue weighted by Gasteiger charge is 2.20. The Bertz CT molecular complexity index is 172. The Morgan fingerprint density at radius 1 is 1.29 bits per heavy atom. The van der Waals surface area contributed by atoms with E-state index in [0.29, 0.717) is 11.8 Å². The molecule has 0 aliphatic heterocycles. The molecule has 0 aromatic heterocycles. The van der Waals surface area contributed by atoms with Gasteiger partial charge in [0, 0.05) is 0 Å². The van der Waals surface area contributed by atoms with Crippen molar-refractivity contribution in [2.24, 2.45) is 17.6 Å². The Hall–Kier alpha value is -0.550. The summed E-state index contributed by atoms with van der Waals surface area (Å²) in [5, 5.41) is 9.21. The number of nitrogens with zero attached hydrogens (tertiary/aromatic N) is 1. The maximum absolute atomic E-state index is 9.93. The van der Waals surface area contributed by atoms with Gasteiger partial charge in [-0.3, -0.25) is 0 Å². The van der Waals surface area contributed by atoms with Crippen LogP contribution in [0.4, 0.5) is 0 Å². The van der Waals surface area contributed by atoms with Gasteiger partial charge in [0.25, 0.3) is 5.09 Å². The van der Waals surface area contributed by atoms with Gasteiger partial charge in [0.15, 0.2) is 0 Å². The molecule has 0 saturated heterocycles. The summed E-state index contributed by atoms with van der Waals surface area (Å²) in [6.07, 6.45) is 4.19. The van der Waals surface area contributed by atoms with Crippen molar-refractivity contribution in [1.82, 2.24) is 0 Å². The first-order valence-corrected chi connectivity index (χ1v) is 4.69. The van der Waals surface area contributed by atoms with Gasteiger partial charge in [-0.05, 0) is 44.1 Å². The van der Waals surface area contributed by atoms with Gasteiger partial charge in [-0.15, -0.1) is 22.5 Å². The summed E-state index contributed by atoms with van der Waals surface area (Å²) in [5.74, 6) is 0.972. The average molecular weight is 225 g/mol. The molecule has 1 aliphatic carbocycles. The number of halogens is 1. The first-order chi connectivity index (χ1) is 6.22. The van der Waals surface area contributed by atoms with E-state index in [1.54, 1.807) is 0 Å². The quantitative estimate of drug-likeness (QED) is 0.578.